The zero-order chi connectivity index (χ0) is 13.7. The number of nitrogens with one attached hydrogen (secondary N) is 1. The minimum Gasteiger partial charge on any atom is -0.494 e. The number of aromatic nitrogens is 2. The van der Waals surface area contributed by atoms with Crippen molar-refractivity contribution >= 4 is 0 Å². The summed E-state index contributed by atoms with van der Waals surface area (Å²) in [7, 11) is 3.91. The second-order valence-electron chi connectivity index (χ2n) is 4.52. The lowest BCUT2D eigenvalue weighted by Crippen LogP contribution is -2.20. The molecule has 0 radical (unpaired) electrons. The molecule has 0 amide bonds. The molecule has 1 unspecified atom stereocenters. The Hall–Kier alpha value is -1.81. The third-order valence-electron chi connectivity index (χ3n) is 3.13. The van der Waals surface area contributed by atoms with E-state index in [2.05, 4.69) is 29.5 Å². The van der Waals surface area contributed by atoms with Gasteiger partial charge in [0.15, 0.2) is 0 Å². The van der Waals surface area contributed by atoms with Gasteiger partial charge in [0, 0.05) is 13.2 Å². The average molecular weight is 259 g/mol. The molecule has 1 aromatic heterocycles. The third-order valence-corrected chi connectivity index (χ3v) is 3.13. The van der Waals surface area contributed by atoms with Crippen LogP contribution < -0.4 is 10.1 Å². The van der Waals surface area contributed by atoms with Crippen molar-refractivity contribution in [2.45, 2.75) is 19.4 Å². The van der Waals surface area contributed by atoms with Gasteiger partial charge in [-0.05, 0) is 37.2 Å². The molecular formula is C15H21N3O. The van der Waals surface area contributed by atoms with Crippen LogP contribution in [-0.4, -0.2) is 23.4 Å². The fourth-order valence-corrected chi connectivity index (χ4v) is 2.13. The van der Waals surface area contributed by atoms with Crippen LogP contribution in [0.1, 0.15) is 30.6 Å². The first-order valence-corrected chi connectivity index (χ1v) is 6.64. The van der Waals surface area contributed by atoms with Crippen LogP contribution in [0.15, 0.2) is 36.5 Å². The number of hydrogen-bond acceptors (Lipinski definition) is 3. The van der Waals surface area contributed by atoms with Gasteiger partial charge >= 0.3 is 0 Å². The molecule has 0 spiro atoms. The Balaban J connectivity index is 2.18. The van der Waals surface area contributed by atoms with E-state index in [1.165, 1.54) is 5.56 Å². The van der Waals surface area contributed by atoms with Crippen molar-refractivity contribution in [3.8, 4) is 5.75 Å². The molecule has 0 saturated carbocycles. The lowest BCUT2D eigenvalue weighted by Gasteiger charge is -2.17. The van der Waals surface area contributed by atoms with Crippen LogP contribution in [0.3, 0.4) is 0 Å². The molecule has 0 bridgehead atoms. The lowest BCUT2D eigenvalue weighted by molar-refractivity contribution is 0.317. The van der Waals surface area contributed by atoms with Gasteiger partial charge in [-0.2, -0.15) is 5.10 Å². The minimum absolute atomic E-state index is 0.146. The van der Waals surface area contributed by atoms with Crippen molar-refractivity contribution in [1.82, 2.24) is 15.1 Å². The molecule has 1 heterocycles. The Morgan fingerprint density at radius 3 is 2.53 bits per heavy atom. The van der Waals surface area contributed by atoms with E-state index in [1.807, 2.05) is 43.2 Å². The Morgan fingerprint density at radius 1 is 1.26 bits per heavy atom. The van der Waals surface area contributed by atoms with Gasteiger partial charge in [-0.1, -0.05) is 19.1 Å². The summed E-state index contributed by atoms with van der Waals surface area (Å²) >= 11 is 0. The van der Waals surface area contributed by atoms with Crippen LogP contribution in [0, 0.1) is 0 Å². The van der Waals surface area contributed by atoms with Crippen LogP contribution in [0.4, 0.5) is 0 Å². The van der Waals surface area contributed by atoms with Crippen LogP contribution >= 0.6 is 0 Å². The standard InChI is InChI=1S/C15H21N3O/c1-4-11-19-13-7-5-12(6-8-13)15(16-2)14-9-10-17-18(14)3/h5-10,15-16H,4,11H2,1-3H3. The first kappa shape index (κ1) is 13.6. The summed E-state index contributed by atoms with van der Waals surface area (Å²) < 4.78 is 7.49. The molecule has 0 fully saturated rings. The molecule has 0 aliphatic heterocycles. The Kier molecular flexibility index (Phi) is 4.58. The van der Waals surface area contributed by atoms with Crippen molar-refractivity contribution in [3.63, 3.8) is 0 Å². The van der Waals surface area contributed by atoms with Gasteiger partial charge in [0.25, 0.3) is 0 Å². The molecule has 0 aliphatic rings. The molecule has 1 N–H and O–H groups in total. The van der Waals surface area contributed by atoms with Gasteiger partial charge in [-0.3, -0.25) is 4.68 Å². The topological polar surface area (TPSA) is 39.1 Å². The smallest absolute Gasteiger partial charge is 0.119 e. The summed E-state index contributed by atoms with van der Waals surface area (Å²) in [5, 5.41) is 7.54. The summed E-state index contributed by atoms with van der Waals surface area (Å²) in [6.45, 7) is 2.87. The Labute approximate surface area is 114 Å². The molecule has 0 saturated heterocycles. The maximum Gasteiger partial charge on any atom is 0.119 e. The van der Waals surface area contributed by atoms with E-state index >= 15 is 0 Å². The van der Waals surface area contributed by atoms with Crippen molar-refractivity contribution < 1.29 is 4.74 Å². The molecule has 102 valence electrons. The highest BCUT2D eigenvalue weighted by Gasteiger charge is 2.15. The van der Waals surface area contributed by atoms with Gasteiger partial charge in [-0.25, -0.2) is 0 Å². The molecule has 1 atom stereocenters. The van der Waals surface area contributed by atoms with E-state index in [0.29, 0.717) is 0 Å². The summed E-state index contributed by atoms with van der Waals surface area (Å²) in [5.41, 5.74) is 2.35. The van der Waals surface area contributed by atoms with Crippen LogP contribution in [0.25, 0.3) is 0 Å². The molecule has 2 aromatic rings. The fourth-order valence-electron chi connectivity index (χ4n) is 2.13. The van der Waals surface area contributed by atoms with Gasteiger partial charge in [0.1, 0.15) is 5.75 Å². The number of benzene rings is 1. The predicted octanol–water partition coefficient (Wildman–Crippen LogP) is 2.52. The van der Waals surface area contributed by atoms with E-state index in [9.17, 15) is 0 Å². The van der Waals surface area contributed by atoms with Crippen molar-refractivity contribution in [2.75, 3.05) is 13.7 Å². The zero-order valence-electron chi connectivity index (χ0n) is 11.8. The first-order valence-electron chi connectivity index (χ1n) is 6.64. The predicted molar refractivity (Wildman–Crippen MR) is 76.3 cm³/mol. The van der Waals surface area contributed by atoms with Gasteiger partial charge in [0.05, 0.1) is 18.3 Å². The van der Waals surface area contributed by atoms with Crippen LogP contribution in [0.5, 0.6) is 5.75 Å². The average Bonchev–Trinajstić information content (AvgIpc) is 2.85. The highest BCUT2D eigenvalue weighted by molar-refractivity contribution is 5.33. The maximum atomic E-state index is 5.60. The zero-order valence-corrected chi connectivity index (χ0v) is 11.8. The van der Waals surface area contributed by atoms with E-state index in [4.69, 9.17) is 4.74 Å². The first-order chi connectivity index (χ1) is 9.26. The molecule has 0 aliphatic carbocycles. The van der Waals surface area contributed by atoms with Crippen LogP contribution in [-0.2, 0) is 7.05 Å². The summed E-state index contributed by atoms with van der Waals surface area (Å²) in [5.74, 6) is 0.922. The number of nitrogens with zero attached hydrogens (tertiary/aromatic N) is 2. The monoisotopic (exact) mass is 259 g/mol. The van der Waals surface area contributed by atoms with Crippen molar-refractivity contribution in [1.29, 1.82) is 0 Å². The summed E-state index contributed by atoms with van der Waals surface area (Å²) in [6, 6.07) is 10.4. The quantitative estimate of drug-likeness (QED) is 0.866. The lowest BCUT2D eigenvalue weighted by atomic mass is 10.0. The maximum absolute atomic E-state index is 5.60. The Morgan fingerprint density at radius 2 is 2.00 bits per heavy atom. The normalized spacial score (nSPS) is 12.4. The fraction of sp³-hybridized carbons (Fsp3) is 0.400. The van der Waals surface area contributed by atoms with Gasteiger partial charge in [-0.15, -0.1) is 0 Å². The molecule has 4 nitrogen and oxygen atoms in total. The van der Waals surface area contributed by atoms with Crippen LogP contribution in [0.2, 0.25) is 0 Å². The molecule has 4 heteroatoms. The van der Waals surface area contributed by atoms with E-state index in [1.54, 1.807) is 0 Å². The van der Waals surface area contributed by atoms with Crippen molar-refractivity contribution in [3.05, 3.63) is 47.8 Å². The SMILES string of the molecule is CCCOc1ccc(C(NC)c2ccnn2C)cc1. The van der Waals surface area contributed by atoms with Gasteiger partial charge in [0.2, 0.25) is 0 Å². The Bertz CT molecular complexity index is 504. The molecular weight excluding hydrogens is 238 g/mol. The number of ether oxygens (including phenoxy) is 1. The third kappa shape index (κ3) is 3.15. The second-order valence-corrected chi connectivity index (χ2v) is 4.52. The van der Waals surface area contributed by atoms with Crippen molar-refractivity contribution in [2.24, 2.45) is 7.05 Å². The highest BCUT2D eigenvalue weighted by atomic mass is 16.5. The second kappa shape index (κ2) is 6.38. The summed E-state index contributed by atoms with van der Waals surface area (Å²) in [6.07, 6.45) is 2.84. The molecule has 19 heavy (non-hydrogen) atoms. The van der Waals surface area contributed by atoms with Gasteiger partial charge < -0.3 is 10.1 Å². The minimum atomic E-state index is 0.146. The highest BCUT2D eigenvalue weighted by Crippen LogP contribution is 2.23. The number of rotatable bonds is 6. The van der Waals surface area contributed by atoms with E-state index < -0.39 is 0 Å². The number of hydrogen-bond donors (Lipinski definition) is 1. The molecule has 2 rings (SSSR count). The van der Waals surface area contributed by atoms with E-state index in [-0.39, 0.29) is 6.04 Å². The van der Waals surface area contributed by atoms with E-state index in [0.717, 1.165) is 24.5 Å². The molecule has 1 aromatic carbocycles. The summed E-state index contributed by atoms with van der Waals surface area (Å²) in [4.78, 5) is 0. The number of aryl methyl sites for hydroxylation is 1. The largest absolute Gasteiger partial charge is 0.494 e.